The number of aromatic nitrogens is 2. The minimum absolute atomic E-state index is 0.522. The Balaban J connectivity index is 1.61. The molecule has 0 saturated carbocycles. The Kier molecular flexibility index (Phi) is 3.65. The van der Waals surface area contributed by atoms with Gasteiger partial charge >= 0.3 is 0 Å². The molecule has 0 spiro atoms. The van der Waals surface area contributed by atoms with Gasteiger partial charge < -0.3 is 9.88 Å². The molecule has 2 aromatic rings. The van der Waals surface area contributed by atoms with Crippen molar-refractivity contribution in [3.8, 4) is 0 Å². The van der Waals surface area contributed by atoms with Crippen LogP contribution in [0, 0.1) is 6.92 Å². The van der Waals surface area contributed by atoms with Crippen LogP contribution in [0.2, 0.25) is 0 Å². The summed E-state index contributed by atoms with van der Waals surface area (Å²) in [7, 11) is 0. The second kappa shape index (κ2) is 5.57. The van der Waals surface area contributed by atoms with Gasteiger partial charge in [-0.15, -0.1) is 0 Å². The van der Waals surface area contributed by atoms with Crippen LogP contribution in [0.4, 0.5) is 0 Å². The summed E-state index contributed by atoms with van der Waals surface area (Å²) in [6.07, 6.45) is 7.69. The molecule has 0 amide bonds. The standard InChI is InChI=1S/C16H21N3/c1-13-17-9-11-19(13)12-10-18-16-8-4-6-14-5-2-3-7-15(14)16/h2-3,5,7,9,11,16,18H,4,6,8,10,12H2,1H3. The molecule has 1 aliphatic rings. The predicted molar refractivity (Wildman–Crippen MR) is 77.1 cm³/mol. The lowest BCUT2D eigenvalue weighted by atomic mass is 9.88. The number of nitrogens with one attached hydrogen (secondary N) is 1. The van der Waals surface area contributed by atoms with Crippen molar-refractivity contribution in [2.24, 2.45) is 0 Å². The van der Waals surface area contributed by atoms with Crippen molar-refractivity contribution in [3.63, 3.8) is 0 Å². The Hall–Kier alpha value is -1.61. The van der Waals surface area contributed by atoms with Crippen molar-refractivity contribution in [2.75, 3.05) is 6.54 Å². The Morgan fingerprint density at radius 1 is 1.37 bits per heavy atom. The van der Waals surface area contributed by atoms with Crippen LogP contribution in [0.5, 0.6) is 0 Å². The molecule has 0 saturated heterocycles. The second-order valence-electron chi connectivity index (χ2n) is 5.27. The molecule has 0 bridgehead atoms. The average Bonchev–Trinajstić information content (AvgIpc) is 2.85. The number of hydrogen-bond donors (Lipinski definition) is 1. The molecule has 1 aliphatic carbocycles. The topological polar surface area (TPSA) is 29.9 Å². The van der Waals surface area contributed by atoms with E-state index in [0.29, 0.717) is 6.04 Å². The lowest BCUT2D eigenvalue weighted by molar-refractivity contribution is 0.444. The van der Waals surface area contributed by atoms with Crippen molar-refractivity contribution in [1.29, 1.82) is 0 Å². The van der Waals surface area contributed by atoms with Crippen LogP contribution in [0.3, 0.4) is 0 Å². The Morgan fingerprint density at radius 2 is 2.26 bits per heavy atom. The lowest BCUT2D eigenvalue weighted by Crippen LogP contribution is -2.28. The summed E-state index contributed by atoms with van der Waals surface area (Å²) in [5.74, 6) is 1.09. The largest absolute Gasteiger partial charge is 0.334 e. The summed E-state index contributed by atoms with van der Waals surface area (Å²) in [5, 5.41) is 3.69. The van der Waals surface area contributed by atoms with Gasteiger partial charge in [0, 0.05) is 31.5 Å². The minimum Gasteiger partial charge on any atom is -0.334 e. The number of nitrogens with zero attached hydrogens (tertiary/aromatic N) is 2. The SMILES string of the molecule is Cc1nccn1CCNC1CCCc2ccccc21. The molecule has 3 heteroatoms. The highest BCUT2D eigenvalue weighted by Crippen LogP contribution is 2.29. The molecule has 100 valence electrons. The lowest BCUT2D eigenvalue weighted by Gasteiger charge is -2.26. The number of benzene rings is 1. The first-order valence-electron chi connectivity index (χ1n) is 7.13. The van der Waals surface area contributed by atoms with E-state index in [1.165, 1.54) is 30.4 Å². The first-order valence-corrected chi connectivity index (χ1v) is 7.13. The molecule has 0 fully saturated rings. The molecule has 0 radical (unpaired) electrons. The maximum atomic E-state index is 4.25. The highest BCUT2D eigenvalue weighted by Gasteiger charge is 2.18. The predicted octanol–water partition coefficient (Wildman–Crippen LogP) is 2.86. The van der Waals surface area contributed by atoms with Crippen LogP contribution in [-0.2, 0) is 13.0 Å². The first kappa shape index (κ1) is 12.4. The molecule has 3 rings (SSSR count). The summed E-state index contributed by atoms with van der Waals surface area (Å²) in [5.41, 5.74) is 3.01. The molecular weight excluding hydrogens is 234 g/mol. The fourth-order valence-corrected chi connectivity index (χ4v) is 2.97. The van der Waals surface area contributed by atoms with Gasteiger partial charge in [0.2, 0.25) is 0 Å². The summed E-state index contributed by atoms with van der Waals surface area (Å²) in [6.45, 7) is 4.04. The maximum Gasteiger partial charge on any atom is 0.105 e. The number of hydrogen-bond acceptors (Lipinski definition) is 2. The van der Waals surface area contributed by atoms with E-state index in [9.17, 15) is 0 Å². The summed E-state index contributed by atoms with van der Waals surface area (Å²) < 4.78 is 2.20. The van der Waals surface area contributed by atoms with Crippen molar-refractivity contribution >= 4 is 0 Å². The third-order valence-electron chi connectivity index (χ3n) is 4.04. The van der Waals surface area contributed by atoms with Crippen molar-refractivity contribution < 1.29 is 0 Å². The van der Waals surface area contributed by atoms with Gasteiger partial charge in [-0.3, -0.25) is 0 Å². The molecular formula is C16H21N3. The molecule has 1 N–H and O–H groups in total. The van der Waals surface area contributed by atoms with Crippen molar-refractivity contribution in [2.45, 2.75) is 38.8 Å². The van der Waals surface area contributed by atoms with Crippen LogP contribution in [0.25, 0.3) is 0 Å². The monoisotopic (exact) mass is 255 g/mol. The van der Waals surface area contributed by atoms with Crippen LogP contribution in [0.1, 0.15) is 35.8 Å². The number of imidazole rings is 1. The highest BCUT2D eigenvalue weighted by molar-refractivity contribution is 5.32. The fourth-order valence-electron chi connectivity index (χ4n) is 2.97. The van der Waals surface area contributed by atoms with Gasteiger partial charge in [-0.25, -0.2) is 4.98 Å². The number of aryl methyl sites for hydroxylation is 2. The molecule has 19 heavy (non-hydrogen) atoms. The van der Waals surface area contributed by atoms with E-state index < -0.39 is 0 Å². The zero-order valence-corrected chi connectivity index (χ0v) is 11.5. The quantitative estimate of drug-likeness (QED) is 0.910. The van der Waals surface area contributed by atoms with Crippen LogP contribution < -0.4 is 5.32 Å². The van der Waals surface area contributed by atoms with E-state index in [1.807, 2.05) is 12.4 Å². The molecule has 1 heterocycles. The summed E-state index contributed by atoms with van der Waals surface area (Å²) in [4.78, 5) is 4.25. The Morgan fingerprint density at radius 3 is 3.11 bits per heavy atom. The van der Waals surface area contributed by atoms with Gasteiger partial charge in [-0.05, 0) is 37.3 Å². The molecule has 1 atom stereocenters. The zero-order chi connectivity index (χ0) is 13.1. The van der Waals surface area contributed by atoms with Crippen LogP contribution in [0.15, 0.2) is 36.7 Å². The van der Waals surface area contributed by atoms with Crippen molar-refractivity contribution in [3.05, 3.63) is 53.6 Å². The molecule has 1 unspecified atom stereocenters. The third-order valence-corrected chi connectivity index (χ3v) is 4.04. The van der Waals surface area contributed by atoms with E-state index in [1.54, 1.807) is 0 Å². The van der Waals surface area contributed by atoms with E-state index in [4.69, 9.17) is 0 Å². The second-order valence-corrected chi connectivity index (χ2v) is 5.27. The molecule has 1 aromatic heterocycles. The minimum atomic E-state index is 0.522. The van der Waals surface area contributed by atoms with E-state index >= 15 is 0 Å². The maximum absolute atomic E-state index is 4.25. The normalized spacial score (nSPS) is 18.3. The van der Waals surface area contributed by atoms with Gasteiger partial charge in [0.25, 0.3) is 0 Å². The van der Waals surface area contributed by atoms with Crippen LogP contribution >= 0.6 is 0 Å². The summed E-state index contributed by atoms with van der Waals surface area (Å²) in [6, 6.07) is 9.36. The average molecular weight is 255 g/mol. The Bertz CT molecular complexity index is 544. The molecule has 3 nitrogen and oxygen atoms in total. The zero-order valence-electron chi connectivity index (χ0n) is 11.5. The third kappa shape index (κ3) is 2.71. The van der Waals surface area contributed by atoms with Gasteiger partial charge in [-0.1, -0.05) is 24.3 Å². The smallest absolute Gasteiger partial charge is 0.105 e. The van der Waals surface area contributed by atoms with Gasteiger partial charge in [0.05, 0.1) is 0 Å². The molecule has 0 aliphatic heterocycles. The van der Waals surface area contributed by atoms with E-state index in [0.717, 1.165) is 18.9 Å². The first-order chi connectivity index (χ1) is 9.34. The van der Waals surface area contributed by atoms with Crippen molar-refractivity contribution in [1.82, 2.24) is 14.9 Å². The van der Waals surface area contributed by atoms with E-state index in [-0.39, 0.29) is 0 Å². The fraction of sp³-hybridized carbons (Fsp3) is 0.438. The number of rotatable bonds is 4. The van der Waals surface area contributed by atoms with Crippen LogP contribution in [-0.4, -0.2) is 16.1 Å². The van der Waals surface area contributed by atoms with Gasteiger partial charge in [-0.2, -0.15) is 0 Å². The Labute approximate surface area is 114 Å². The van der Waals surface area contributed by atoms with Gasteiger partial charge in [0.1, 0.15) is 5.82 Å². The summed E-state index contributed by atoms with van der Waals surface area (Å²) >= 11 is 0. The van der Waals surface area contributed by atoms with E-state index in [2.05, 4.69) is 46.1 Å². The molecule has 1 aromatic carbocycles. The highest BCUT2D eigenvalue weighted by atomic mass is 15.1. The van der Waals surface area contributed by atoms with Gasteiger partial charge in [0.15, 0.2) is 0 Å². The number of fused-ring (bicyclic) bond motifs is 1.